The van der Waals surface area contributed by atoms with Crippen molar-refractivity contribution in [2.24, 2.45) is 11.8 Å². The van der Waals surface area contributed by atoms with Crippen molar-refractivity contribution >= 4 is 17.7 Å². The van der Waals surface area contributed by atoms with E-state index in [1.54, 1.807) is 45.9 Å². The topological polar surface area (TPSA) is 81.7 Å². The molecule has 1 aliphatic carbocycles. The summed E-state index contributed by atoms with van der Waals surface area (Å²) in [7, 11) is 1.23. The number of carbonyl (C=O) groups is 3. The number of ketones is 1. The van der Waals surface area contributed by atoms with Crippen molar-refractivity contribution in [2.45, 2.75) is 46.1 Å². The fraction of sp³-hybridized carbons (Fsp3) is 0.435. The molecule has 0 aromatic heterocycles. The van der Waals surface area contributed by atoms with Gasteiger partial charge in [-0.1, -0.05) is 25.1 Å². The van der Waals surface area contributed by atoms with Gasteiger partial charge in [0, 0.05) is 22.5 Å². The zero-order valence-corrected chi connectivity index (χ0v) is 17.7. The Kier molecular flexibility index (Phi) is 6.10. The Morgan fingerprint density at radius 3 is 2.50 bits per heavy atom. The summed E-state index contributed by atoms with van der Waals surface area (Å²) in [5.74, 6) is -4.54. The Morgan fingerprint density at radius 1 is 1.23 bits per heavy atom. The van der Waals surface area contributed by atoms with E-state index >= 15 is 0 Å². The Labute approximate surface area is 175 Å². The molecule has 0 amide bonds. The van der Waals surface area contributed by atoms with Gasteiger partial charge in [0.15, 0.2) is 5.78 Å². The van der Waals surface area contributed by atoms with Crippen molar-refractivity contribution in [1.82, 2.24) is 5.32 Å². The Hall–Kier alpha value is -2.96. The lowest BCUT2D eigenvalue weighted by Gasteiger charge is -2.38. The summed E-state index contributed by atoms with van der Waals surface area (Å²) in [6.07, 6.45) is 0.00896. The first-order valence-electron chi connectivity index (χ1n) is 9.95. The summed E-state index contributed by atoms with van der Waals surface area (Å²) < 4.78 is 25.1. The zero-order valence-electron chi connectivity index (χ0n) is 17.7. The molecule has 160 valence electrons. The number of hydrogen-bond donors (Lipinski definition) is 1. The fourth-order valence-electron chi connectivity index (χ4n) is 4.25. The van der Waals surface area contributed by atoms with Gasteiger partial charge >= 0.3 is 11.9 Å². The first-order chi connectivity index (χ1) is 14.2. The first kappa shape index (κ1) is 21.7. The molecule has 3 rings (SSSR count). The standard InChI is InChI=1S/C23H26FNO5/c1-11(2)30-23(28)18-13(4)25-16-10-12(3)17(22(27)29-5)21(26)20(16)19(18)14-8-6-7-9-15(14)24/h6-9,11-12,17,19,25H,10H2,1-5H3. The Balaban J connectivity index is 2.21. The van der Waals surface area contributed by atoms with Gasteiger partial charge in [0.25, 0.3) is 0 Å². The molecule has 0 fully saturated rings. The predicted octanol–water partition coefficient (Wildman–Crippen LogP) is 3.39. The predicted molar refractivity (Wildman–Crippen MR) is 108 cm³/mol. The third-order valence-electron chi connectivity index (χ3n) is 5.52. The lowest BCUT2D eigenvalue weighted by atomic mass is 9.69. The number of nitrogens with one attached hydrogen (secondary N) is 1. The number of hydrogen-bond acceptors (Lipinski definition) is 6. The van der Waals surface area contributed by atoms with E-state index in [0.29, 0.717) is 17.8 Å². The van der Waals surface area contributed by atoms with E-state index in [0.717, 1.165) is 0 Å². The van der Waals surface area contributed by atoms with Crippen molar-refractivity contribution in [3.8, 4) is 0 Å². The molecule has 2 aliphatic rings. The molecule has 1 N–H and O–H groups in total. The molecular weight excluding hydrogens is 389 g/mol. The highest BCUT2D eigenvalue weighted by Crippen LogP contribution is 2.46. The SMILES string of the molecule is COC(=O)C1C(=O)C2=C(CC1C)NC(C)=C(C(=O)OC(C)C)C2c1ccccc1F. The van der Waals surface area contributed by atoms with Gasteiger partial charge in [-0.15, -0.1) is 0 Å². The highest BCUT2D eigenvalue weighted by atomic mass is 19.1. The van der Waals surface area contributed by atoms with Crippen LogP contribution < -0.4 is 5.32 Å². The van der Waals surface area contributed by atoms with Crippen LogP contribution in [0.1, 0.15) is 45.6 Å². The molecule has 1 aromatic rings. The molecule has 3 atom stereocenters. The van der Waals surface area contributed by atoms with Gasteiger partial charge in [0.1, 0.15) is 11.7 Å². The third-order valence-corrected chi connectivity index (χ3v) is 5.52. The van der Waals surface area contributed by atoms with Crippen LogP contribution in [0.3, 0.4) is 0 Å². The molecule has 0 saturated carbocycles. The first-order valence-corrected chi connectivity index (χ1v) is 9.95. The van der Waals surface area contributed by atoms with Gasteiger partial charge in [0.2, 0.25) is 0 Å². The number of allylic oxidation sites excluding steroid dienone is 3. The maximum absolute atomic E-state index is 14.9. The minimum atomic E-state index is -1.01. The lowest BCUT2D eigenvalue weighted by molar-refractivity contribution is -0.151. The highest BCUT2D eigenvalue weighted by Gasteiger charge is 2.47. The minimum absolute atomic E-state index is 0.166. The number of rotatable bonds is 4. The number of ether oxygens (including phenoxy) is 2. The third kappa shape index (κ3) is 3.76. The second-order valence-corrected chi connectivity index (χ2v) is 8.01. The van der Waals surface area contributed by atoms with Gasteiger partial charge < -0.3 is 14.8 Å². The molecule has 0 bridgehead atoms. The van der Waals surface area contributed by atoms with Crippen molar-refractivity contribution in [2.75, 3.05) is 7.11 Å². The number of carbonyl (C=O) groups excluding carboxylic acids is 3. The van der Waals surface area contributed by atoms with Gasteiger partial charge in [-0.3, -0.25) is 9.59 Å². The molecule has 0 radical (unpaired) electrons. The molecule has 0 spiro atoms. The van der Waals surface area contributed by atoms with E-state index in [1.165, 1.54) is 13.2 Å². The summed E-state index contributed by atoms with van der Waals surface area (Å²) in [5, 5.41) is 3.14. The largest absolute Gasteiger partial charge is 0.468 e. The summed E-state index contributed by atoms with van der Waals surface area (Å²) in [6.45, 7) is 6.93. The van der Waals surface area contributed by atoms with Gasteiger partial charge in [-0.2, -0.15) is 0 Å². The molecule has 7 heteroatoms. The summed E-state index contributed by atoms with van der Waals surface area (Å²) in [5.41, 5.74) is 1.67. The molecule has 0 saturated heterocycles. The Morgan fingerprint density at radius 2 is 1.90 bits per heavy atom. The van der Waals surface area contributed by atoms with E-state index in [1.807, 2.05) is 0 Å². The summed E-state index contributed by atoms with van der Waals surface area (Å²) >= 11 is 0. The van der Waals surface area contributed by atoms with Crippen LogP contribution in [0.4, 0.5) is 4.39 Å². The normalized spacial score (nSPS) is 23.8. The highest BCUT2D eigenvalue weighted by molar-refractivity contribution is 6.12. The van der Waals surface area contributed by atoms with Crippen LogP contribution in [0.2, 0.25) is 0 Å². The maximum atomic E-state index is 14.9. The number of benzene rings is 1. The van der Waals surface area contributed by atoms with Crippen molar-refractivity contribution in [1.29, 1.82) is 0 Å². The van der Waals surface area contributed by atoms with E-state index in [9.17, 15) is 18.8 Å². The van der Waals surface area contributed by atoms with Gasteiger partial charge in [-0.05, 0) is 39.2 Å². The fourth-order valence-corrected chi connectivity index (χ4v) is 4.25. The number of esters is 2. The quantitative estimate of drug-likeness (QED) is 0.600. The summed E-state index contributed by atoms with van der Waals surface area (Å²) in [6, 6.07) is 6.02. The van der Waals surface area contributed by atoms with Crippen LogP contribution in [0.15, 0.2) is 46.8 Å². The molecule has 1 aromatic carbocycles. The van der Waals surface area contributed by atoms with Crippen LogP contribution in [0.25, 0.3) is 0 Å². The Bertz CT molecular complexity index is 962. The number of Topliss-reactive ketones (excluding diaryl/α,β-unsaturated/α-hetero) is 1. The number of halogens is 1. The van der Waals surface area contributed by atoms with Crippen molar-refractivity contribution in [3.05, 3.63) is 58.2 Å². The van der Waals surface area contributed by atoms with E-state index in [2.05, 4.69) is 5.32 Å². The number of dihydropyridines is 1. The van der Waals surface area contributed by atoms with Crippen LogP contribution >= 0.6 is 0 Å². The maximum Gasteiger partial charge on any atom is 0.337 e. The molecule has 3 unspecified atom stereocenters. The van der Waals surface area contributed by atoms with E-state index in [-0.39, 0.29) is 28.7 Å². The van der Waals surface area contributed by atoms with Crippen molar-refractivity contribution in [3.63, 3.8) is 0 Å². The minimum Gasteiger partial charge on any atom is -0.468 e. The summed E-state index contributed by atoms with van der Waals surface area (Å²) in [4.78, 5) is 38.8. The average Bonchev–Trinajstić information content (AvgIpc) is 2.66. The van der Waals surface area contributed by atoms with Crippen LogP contribution in [0, 0.1) is 17.7 Å². The monoisotopic (exact) mass is 415 g/mol. The van der Waals surface area contributed by atoms with Crippen LogP contribution in [0.5, 0.6) is 0 Å². The lowest BCUT2D eigenvalue weighted by Crippen LogP contribution is -2.43. The average molecular weight is 415 g/mol. The second-order valence-electron chi connectivity index (χ2n) is 8.01. The molecule has 1 aliphatic heterocycles. The smallest absolute Gasteiger partial charge is 0.337 e. The zero-order chi connectivity index (χ0) is 22.2. The molecule has 6 nitrogen and oxygen atoms in total. The van der Waals surface area contributed by atoms with Gasteiger partial charge in [-0.25, -0.2) is 9.18 Å². The van der Waals surface area contributed by atoms with Crippen LogP contribution in [-0.2, 0) is 23.9 Å². The molecular formula is C23H26FNO5. The molecule has 30 heavy (non-hydrogen) atoms. The van der Waals surface area contributed by atoms with E-state index < -0.39 is 35.4 Å². The number of methoxy groups -OCH3 is 1. The van der Waals surface area contributed by atoms with Crippen LogP contribution in [-0.4, -0.2) is 30.9 Å². The van der Waals surface area contributed by atoms with Crippen molar-refractivity contribution < 1.29 is 28.2 Å². The second kappa shape index (κ2) is 8.42. The van der Waals surface area contributed by atoms with Gasteiger partial charge in [0.05, 0.1) is 24.7 Å². The van der Waals surface area contributed by atoms with E-state index in [4.69, 9.17) is 9.47 Å². The molecule has 1 heterocycles.